The van der Waals surface area contributed by atoms with Crippen LogP contribution in [0.5, 0.6) is 0 Å². The summed E-state index contributed by atoms with van der Waals surface area (Å²) in [4.78, 5) is 24.2. The number of methoxy groups -OCH3 is 1. The van der Waals surface area contributed by atoms with Crippen LogP contribution >= 0.6 is 0 Å². The van der Waals surface area contributed by atoms with E-state index >= 15 is 0 Å². The van der Waals surface area contributed by atoms with Gasteiger partial charge in [-0.25, -0.2) is 9.78 Å². The topological polar surface area (TPSA) is 58.6 Å². The highest BCUT2D eigenvalue weighted by Crippen LogP contribution is 2.18. The summed E-state index contributed by atoms with van der Waals surface area (Å²) in [5.41, 5.74) is 0.246. The first-order valence-electron chi connectivity index (χ1n) is 6.43. The van der Waals surface area contributed by atoms with Gasteiger partial charge in [0.2, 0.25) is 0 Å². The Labute approximate surface area is 113 Å². The molecule has 1 saturated heterocycles. The van der Waals surface area contributed by atoms with E-state index < -0.39 is 5.97 Å². The van der Waals surface area contributed by atoms with Gasteiger partial charge in [-0.3, -0.25) is 4.98 Å². The number of carbonyl (C=O) groups is 1. The molecule has 0 saturated carbocycles. The van der Waals surface area contributed by atoms with E-state index in [2.05, 4.69) is 31.6 Å². The molecule has 0 aromatic carbocycles. The number of piperidine rings is 1. The maximum absolute atomic E-state index is 11.5. The Morgan fingerprint density at radius 1 is 1.53 bits per heavy atom. The third kappa shape index (κ3) is 3.20. The van der Waals surface area contributed by atoms with Crippen LogP contribution in [0.15, 0.2) is 12.4 Å². The number of carbonyl (C=O) groups excluding carboxylic acids is 1. The molecule has 1 aromatic heterocycles. The zero-order valence-electron chi connectivity index (χ0n) is 11.7. The van der Waals surface area contributed by atoms with Gasteiger partial charge in [-0.1, -0.05) is 0 Å². The number of rotatable bonds is 3. The van der Waals surface area contributed by atoms with Crippen molar-refractivity contribution in [3.05, 3.63) is 18.1 Å². The second-order valence-corrected chi connectivity index (χ2v) is 4.92. The summed E-state index contributed by atoms with van der Waals surface area (Å²) in [5, 5.41) is 0. The summed E-state index contributed by atoms with van der Waals surface area (Å²) in [6, 6.07) is 0.404. The molecule has 1 fully saturated rings. The normalized spacial score (nSPS) is 20.1. The second-order valence-electron chi connectivity index (χ2n) is 4.92. The Morgan fingerprint density at radius 3 is 3.00 bits per heavy atom. The summed E-state index contributed by atoms with van der Waals surface area (Å²) >= 11 is 0. The Hall–Kier alpha value is -1.69. The van der Waals surface area contributed by atoms with Crippen molar-refractivity contribution in [2.75, 3.05) is 39.2 Å². The van der Waals surface area contributed by atoms with Crippen LogP contribution in [0.1, 0.15) is 23.3 Å². The van der Waals surface area contributed by atoms with Crippen LogP contribution in [0.2, 0.25) is 0 Å². The molecule has 1 aromatic rings. The predicted octanol–water partition coefficient (Wildman–Crippen LogP) is 0.794. The van der Waals surface area contributed by atoms with Crippen molar-refractivity contribution in [3.63, 3.8) is 0 Å². The predicted molar refractivity (Wildman–Crippen MR) is 72.3 cm³/mol. The summed E-state index contributed by atoms with van der Waals surface area (Å²) in [6.07, 6.45) is 5.41. The lowest BCUT2D eigenvalue weighted by Gasteiger charge is -2.36. The first-order chi connectivity index (χ1) is 9.11. The zero-order valence-corrected chi connectivity index (χ0v) is 11.7. The Bertz CT molecular complexity index is 452. The maximum atomic E-state index is 11.5. The van der Waals surface area contributed by atoms with Crippen molar-refractivity contribution in [3.8, 4) is 0 Å². The number of nitrogens with zero attached hydrogens (tertiary/aromatic N) is 4. The molecule has 19 heavy (non-hydrogen) atoms. The second kappa shape index (κ2) is 5.97. The van der Waals surface area contributed by atoms with Crippen LogP contribution in [0.4, 0.5) is 5.82 Å². The molecule has 0 bridgehead atoms. The van der Waals surface area contributed by atoms with Gasteiger partial charge >= 0.3 is 5.97 Å². The van der Waals surface area contributed by atoms with Gasteiger partial charge in [-0.15, -0.1) is 0 Å². The van der Waals surface area contributed by atoms with Crippen LogP contribution in [-0.2, 0) is 4.74 Å². The van der Waals surface area contributed by atoms with Gasteiger partial charge in [0.15, 0.2) is 5.69 Å². The average Bonchev–Trinajstić information content (AvgIpc) is 2.45. The lowest BCUT2D eigenvalue weighted by Crippen LogP contribution is -2.45. The number of ether oxygens (including phenoxy) is 1. The van der Waals surface area contributed by atoms with Crippen molar-refractivity contribution in [2.24, 2.45) is 0 Å². The molecule has 1 aliphatic rings. The van der Waals surface area contributed by atoms with Crippen molar-refractivity contribution in [1.82, 2.24) is 14.9 Å². The summed E-state index contributed by atoms with van der Waals surface area (Å²) in [6.45, 7) is 2.14. The fourth-order valence-electron chi connectivity index (χ4n) is 2.37. The number of anilines is 1. The van der Waals surface area contributed by atoms with Gasteiger partial charge in [0.05, 0.1) is 19.5 Å². The van der Waals surface area contributed by atoms with Crippen molar-refractivity contribution in [2.45, 2.75) is 18.9 Å². The van der Waals surface area contributed by atoms with E-state index in [-0.39, 0.29) is 5.69 Å². The fourth-order valence-corrected chi connectivity index (χ4v) is 2.37. The standard InChI is InChI=1S/C13H20N4O2/c1-16-6-4-5-10(9-16)17(2)12-8-14-7-11(15-12)13(18)19-3/h7-8,10H,4-6,9H2,1-3H3. The van der Waals surface area contributed by atoms with E-state index in [1.165, 1.54) is 19.7 Å². The Balaban J connectivity index is 2.14. The van der Waals surface area contributed by atoms with Crippen LogP contribution in [0.3, 0.4) is 0 Å². The van der Waals surface area contributed by atoms with Crippen molar-refractivity contribution in [1.29, 1.82) is 0 Å². The molecule has 6 nitrogen and oxygen atoms in total. The minimum Gasteiger partial charge on any atom is -0.464 e. The quantitative estimate of drug-likeness (QED) is 0.752. The summed E-state index contributed by atoms with van der Waals surface area (Å²) < 4.78 is 4.67. The van der Waals surface area contributed by atoms with Crippen molar-refractivity contribution >= 4 is 11.8 Å². The summed E-state index contributed by atoms with van der Waals surface area (Å²) in [5.74, 6) is 0.256. The molecule has 0 amide bonds. The van der Waals surface area contributed by atoms with Crippen LogP contribution in [0, 0.1) is 0 Å². The largest absolute Gasteiger partial charge is 0.464 e. The monoisotopic (exact) mass is 264 g/mol. The molecule has 1 atom stereocenters. The van der Waals surface area contributed by atoms with Gasteiger partial charge in [0.25, 0.3) is 0 Å². The lowest BCUT2D eigenvalue weighted by molar-refractivity contribution is 0.0593. The Morgan fingerprint density at radius 2 is 2.32 bits per heavy atom. The van der Waals surface area contributed by atoms with E-state index in [0.29, 0.717) is 11.9 Å². The van der Waals surface area contributed by atoms with E-state index in [1.807, 2.05) is 7.05 Å². The molecule has 0 radical (unpaired) electrons. The van der Waals surface area contributed by atoms with Crippen molar-refractivity contribution < 1.29 is 9.53 Å². The van der Waals surface area contributed by atoms with Gasteiger partial charge in [0, 0.05) is 19.6 Å². The van der Waals surface area contributed by atoms with E-state index in [9.17, 15) is 4.79 Å². The number of likely N-dealkylation sites (tertiary alicyclic amines) is 1. The van der Waals surface area contributed by atoms with Gasteiger partial charge < -0.3 is 14.5 Å². The maximum Gasteiger partial charge on any atom is 0.358 e. The van der Waals surface area contributed by atoms with E-state index in [1.54, 1.807) is 6.20 Å². The number of hydrogen-bond donors (Lipinski definition) is 0. The SMILES string of the molecule is COC(=O)c1cncc(N(C)C2CCCN(C)C2)n1. The molecule has 104 valence electrons. The van der Waals surface area contributed by atoms with Crippen LogP contribution in [0.25, 0.3) is 0 Å². The highest BCUT2D eigenvalue weighted by molar-refractivity contribution is 5.87. The van der Waals surface area contributed by atoms with Crippen LogP contribution < -0.4 is 4.90 Å². The van der Waals surface area contributed by atoms with Gasteiger partial charge in [-0.05, 0) is 26.4 Å². The zero-order chi connectivity index (χ0) is 13.8. The number of esters is 1. The van der Waals surface area contributed by atoms with Gasteiger partial charge in [-0.2, -0.15) is 0 Å². The van der Waals surface area contributed by atoms with Gasteiger partial charge in [0.1, 0.15) is 5.82 Å². The lowest BCUT2D eigenvalue weighted by atomic mass is 10.1. The molecule has 6 heteroatoms. The highest BCUT2D eigenvalue weighted by Gasteiger charge is 2.22. The summed E-state index contributed by atoms with van der Waals surface area (Å²) in [7, 11) is 5.46. The first-order valence-corrected chi connectivity index (χ1v) is 6.43. The molecular formula is C13H20N4O2. The average molecular weight is 264 g/mol. The highest BCUT2D eigenvalue weighted by atomic mass is 16.5. The third-order valence-corrected chi connectivity index (χ3v) is 3.53. The molecule has 2 heterocycles. The van der Waals surface area contributed by atoms with E-state index in [0.717, 1.165) is 19.5 Å². The molecule has 0 N–H and O–H groups in total. The minimum absolute atomic E-state index is 0.246. The third-order valence-electron chi connectivity index (χ3n) is 3.53. The van der Waals surface area contributed by atoms with Crippen LogP contribution in [-0.4, -0.2) is 61.2 Å². The smallest absolute Gasteiger partial charge is 0.358 e. The molecule has 1 aliphatic heterocycles. The number of aromatic nitrogens is 2. The minimum atomic E-state index is -0.455. The Kier molecular flexibility index (Phi) is 4.31. The molecule has 2 rings (SSSR count). The fraction of sp³-hybridized carbons (Fsp3) is 0.615. The molecule has 1 unspecified atom stereocenters. The molecule has 0 aliphatic carbocycles. The first kappa shape index (κ1) is 13.7. The molecule has 0 spiro atoms. The molecular weight excluding hydrogens is 244 g/mol. The van der Waals surface area contributed by atoms with E-state index in [4.69, 9.17) is 0 Å². The number of likely N-dealkylation sites (N-methyl/N-ethyl adjacent to an activating group) is 2. The number of hydrogen-bond acceptors (Lipinski definition) is 6.